The van der Waals surface area contributed by atoms with Crippen LogP contribution in [-0.2, 0) is 0 Å². The molecule has 0 saturated heterocycles. The smallest absolute Gasteiger partial charge is 0.143 e. The normalized spacial score (nSPS) is 12.8. The maximum Gasteiger partial charge on any atom is 0.143 e. The Balaban J connectivity index is 1.34. The zero-order valence-corrected chi connectivity index (χ0v) is 24.3. The molecule has 0 amide bonds. The van der Waals surface area contributed by atoms with E-state index in [0.29, 0.717) is 16.7 Å². The Bertz CT molecular complexity index is 2690. The minimum atomic E-state index is -0.188. The number of hydrogen-bond acceptors (Lipinski definition) is 1. The van der Waals surface area contributed by atoms with Gasteiger partial charge in [-0.3, -0.25) is 0 Å². The molecular weight excluding hydrogens is 544 g/mol. The molecule has 1 heteroatoms. The zero-order chi connectivity index (χ0) is 33.2. The third kappa shape index (κ3) is 4.17. The molecule has 0 fully saturated rings. The van der Waals surface area contributed by atoms with E-state index in [9.17, 15) is 1.37 Å². The van der Waals surface area contributed by atoms with Gasteiger partial charge in [0.2, 0.25) is 0 Å². The summed E-state index contributed by atoms with van der Waals surface area (Å²) in [5.41, 5.74) is 7.98. The lowest BCUT2D eigenvalue weighted by molar-refractivity contribution is 0.670. The second-order valence-corrected chi connectivity index (χ2v) is 11.3. The van der Waals surface area contributed by atoms with Crippen molar-refractivity contribution >= 4 is 43.5 Å². The predicted molar refractivity (Wildman–Crippen MR) is 190 cm³/mol. The van der Waals surface area contributed by atoms with Crippen molar-refractivity contribution in [2.75, 3.05) is 0 Å². The fourth-order valence-electron chi connectivity index (χ4n) is 6.73. The number of furan rings is 1. The molecule has 0 radical (unpaired) electrons. The fourth-order valence-corrected chi connectivity index (χ4v) is 6.73. The predicted octanol–water partition coefficient (Wildman–Crippen LogP) is 12.6. The van der Waals surface area contributed by atoms with Crippen molar-refractivity contribution in [1.82, 2.24) is 0 Å². The minimum absolute atomic E-state index is 0.0816. The lowest BCUT2D eigenvalue weighted by Crippen LogP contribution is -1.91. The van der Waals surface area contributed by atoms with Gasteiger partial charge < -0.3 is 4.42 Å². The molecule has 0 unspecified atom stereocenters. The van der Waals surface area contributed by atoms with Gasteiger partial charge in [-0.1, -0.05) is 152 Å². The lowest BCUT2D eigenvalue weighted by Gasteiger charge is -2.18. The average molecular weight is 577 g/mol. The lowest BCUT2D eigenvalue weighted by atomic mass is 9.85. The fraction of sp³-hybridized carbons (Fsp3) is 0. The van der Waals surface area contributed by atoms with Crippen molar-refractivity contribution in [2.24, 2.45) is 0 Å². The van der Waals surface area contributed by atoms with Crippen LogP contribution in [0.25, 0.3) is 88.0 Å². The summed E-state index contributed by atoms with van der Waals surface area (Å²) in [5.74, 6) is 0. The Kier molecular flexibility index (Phi) is 5.00. The van der Waals surface area contributed by atoms with Crippen molar-refractivity contribution in [1.29, 1.82) is 0 Å². The summed E-state index contributed by atoms with van der Waals surface area (Å²) in [6.07, 6.45) is 0. The molecule has 1 nitrogen and oxygen atoms in total. The topological polar surface area (TPSA) is 13.1 Å². The van der Waals surface area contributed by atoms with Gasteiger partial charge >= 0.3 is 0 Å². The molecule has 0 bridgehead atoms. The van der Waals surface area contributed by atoms with Gasteiger partial charge in [-0.05, 0) is 78.7 Å². The number of para-hydroxylation sites is 1. The Labute approximate surface area is 267 Å². The summed E-state index contributed by atoms with van der Waals surface area (Å²) >= 11 is 0. The second kappa shape index (κ2) is 10.4. The summed E-state index contributed by atoms with van der Waals surface area (Å²) in [6, 6.07) is 48.2. The van der Waals surface area contributed by atoms with E-state index in [2.05, 4.69) is 60.7 Å². The summed E-state index contributed by atoms with van der Waals surface area (Å²) in [7, 11) is 0. The van der Waals surface area contributed by atoms with Crippen LogP contribution in [0.4, 0.5) is 0 Å². The van der Waals surface area contributed by atoms with E-state index in [4.69, 9.17) is 8.53 Å². The van der Waals surface area contributed by atoms with E-state index >= 15 is 0 Å². The molecule has 0 aliphatic rings. The Morgan fingerprint density at radius 3 is 1.62 bits per heavy atom. The molecule has 9 rings (SSSR count). The van der Waals surface area contributed by atoms with Crippen LogP contribution in [0.2, 0.25) is 0 Å². The maximum atomic E-state index is 9.46. The molecule has 0 saturated carbocycles. The monoisotopic (exact) mass is 576 g/mol. The minimum Gasteiger partial charge on any atom is -0.455 e. The molecule has 210 valence electrons. The third-order valence-corrected chi connectivity index (χ3v) is 8.74. The van der Waals surface area contributed by atoms with Crippen LogP contribution in [0.5, 0.6) is 0 Å². The van der Waals surface area contributed by atoms with Crippen molar-refractivity contribution in [3.63, 3.8) is 0 Å². The first-order valence-corrected chi connectivity index (χ1v) is 15.1. The zero-order valence-electron chi connectivity index (χ0n) is 28.3. The largest absolute Gasteiger partial charge is 0.455 e. The van der Waals surface area contributed by atoms with Gasteiger partial charge in [-0.15, -0.1) is 0 Å². The molecule has 0 aliphatic carbocycles. The van der Waals surface area contributed by atoms with Crippen molar-refractivity contribution < 1.29 is 9.90 Å². The highest BCUT2D eigenvalue weighted by molar-refractivity contribution is 6.22. The Morgan fingerprint density at radius 1 is 0.400 bits per heavy atom. The van der Waals surface area contributed by atoms with Crippen molar-refractivity contribution in [3.8, 4) is 44.5 Å². The van der Waals surface area contributed by atoms with Gasteiger partial charge in [0, 0.05) is 16.3 Å². The Morgan fingerprint density at radius 2 is 0.956 bits per heavy atom. The number of benzene rings is 8. The highest BCUT2D eigenvalue weighted by Gasteiger charge is 2.19. The summed E-state index contributed by atoms with van der Waals surface area (Å²) in [6.45, 7) is 0. The highest BCUT2D eigenvalue weighted by Crippen LogP contribution is 2.45. The molecule has 1 aromatic heterocycles. The number of fused-ring (bicyclic) bond motifs is 5. The SMILES string of the molecule is [2H]c1c([2H])c(-c2ccccc2)c([2H])c(-c2c3ccccc3c(-c3ccc4c(c3)oc3c(-c5ccccc5)cccc34)c3ccccc23)c1[2H]. The van der Waals surface area contributed by atoms with Gasteiger partial charge in [-0.2, -0.15) is 0 Å². The van der Waals surface area contributed by atoms with Gasteiger partial charge in [0.25, 0.3) is 0 Å². The van der Waals surface area contributed by atoms with Crippen LogP contribution < -0.4 is 0 Å². The van der Waals surface area contributed by atoms with E-state index in [0.717, 1.165) is 71.3 Å². The van der Waals surface area contributed by atoms with E-state index < -0.39 is 0 Å². The van der Waals surface area contributed by atoms with Crippen LogP contribution >= 0.6 is 0 Å². The van der Waals surface area contributed by atoms with E-state index in [1.807, 2.05) is 84.9 Å². The standard InChI is InChI=1S/C44H28O/c1-3-13-29(14-4-1)31-17-11-18-32(27-31)42-36-19-7-9-21-38(36)43(39-22-10-8-20-37(39)42)33-25-26-35-40-24-12-23-34(30-15-5-2-6-16-30)44(40)45-41(35)28-33/h1-28H/i11D,17D,18D,27D. The maximum absolute atomic E-state index is 9.46. The summed E-state index contributed by atoms with van der Waals surface area (Å²) in [4.78, 5) is 0. The van der Waals surface area contributed by atoms with E-state index in [1.165, 1.54) is 0 Å². The van der Waals surface area contributed by atoms with Gasteiger partial charge in [-0.25, -0.2) is 0 Å². The molecule has 9 aromatic rings. The van der Waals surface area contributed by atoms with Crippen LogP contribution in [0.3, 0.4) is 0 Å². The molecule has 1 heterocycles. The molecule has 45 heavy (non-hydrogen) atoms. The molecular formula is C44H28O. The highest BCUT2D eigenvalue weighted by atomic mass is 16.3. The molecule has 0 aliphatic heterocycles. The first kappa shape index (κ1) is 21.7. The summed E-state index contributed by atoms with van der Waals surface area (Å²) < 4.78 is 42.8. The Hall–Kier alpha value is -5.92. The molecule has 0 atom stereocenters. The van der Waals surface area contributed by atoms with Crippen molar-refractivity contribution in [3.05, 3.63) is 170 Å². The average Bonchev–Trinajstić information content (AvgIpc) is 3.53. The third-order valence-electron chi connectivity index (χ3n) is 8.74. The van der Waals surface area contributed by atoms with Gasteiger partial charge in [0.05, 0.1) is 5.48 Å². The van der Waals surface area contributed by atoms with E-state index in [-0.39, 0.29) is 24.2 Å². The van der Waals surface area contributed by atoms with Crippen LogP contribution in [0.15, 0.2) is 174 Å². The van der Waals surface area contributed by atoms with Crippen molar-refractivity contribution in [2.45, 2.75) is 0 Å². The van der Waals surface area contributed by atoms with Gasteiger partial charge in [0.1, 0.15) is 11.2 Å². The number of hydrogen-bond donors (Lipinski definition) is 0. The molecule has 8 aromatic carbocycles. The second-order valence-electron chi connectivity index (χ2n) is 11.3. The van der Waals surface area contributed by atoms with Gasteiger partial charge in [0.15, 0.2) is 0 Å². The van der Waals surface area contributed by atoms with E-state index in [1.54, 1.807) is 0 Å². The number of rotatable bonds is 4. The van der Waals surface area contributed by atoms with Crippen LogP contribution in [-0.4, -0.2) is 0 Å². The van der Waals surface area contributed by atoms with Crippen LogP contribution in [0.1, 0.15) is 5.48 Å². The molecule has 0 N–H and O–H groups in total. The quantitative estimate of drug-likeness (QED) is 0.190. The van der Waals surface area contributed by atoms with Crippen LogP contribution in [0, 0.1) is 0 Å². The first-order valence-electron chi connectivity index (χ1n) is 17.1. The summed E-state index contributed by atoms with van der Waals surface area (Å²) in [5, 5.41) is 5.82. The molecule has 0 spiro atoms. The first-order chi connectivity index (χ1) is 24.0.